The maximum atomic E-state index is 5.81. The summed E-state index contributed by atoms with van der Waals surface area (Å²) < 4.78 is 13.1. The molecular formula is C27H27N7O2. The number of benzene rings is 1. The van der Waals surface area contributed by atoms with Crippen molar-refractivity contribution in [3.8, 4) is 17.3 Å². The molecule has 182 valence electrons. The Bertz CT molecular complexity index is 1390. The third-order valence-corrected chi connectivity index (χ3v) is 6.47. The molecule has 1 saturated heterocycles. The van der Waals surface area contributed by atoms with Crippen molar-refractivity contribution >= 4 is 18.1 Å². The zero-order chi connectivity index (χ0) is 24.3. The van der Waals surface area contributed by atoms with Crippen molar-refractivity contribution in [3.05, 3.63) is 77.5 Å². The SMILES string of the molecule is COc1ccc2c(c1)CN(c1nccc(-c3nccc(/C=C/c4ccn(C5CCCCO5)n4)n3)n1)C2. The molecule has 9 heteroatoms. The number of fused-ring (bicyclic) bond motifs is 1. The maximum absolute atomic E-state index is 5.81. The van der Waals surface area contributed by atoms with E-state index in [1.54, 1.807) is 19.5 Å². The summed E-state index contributed by atoms with van der Waals surface area (Å²) in [7, 11) is 1.68. The van der Waals surface area contributed by atoms with Crippen molar-refractivity contribution in [3.63, 3.8) is 0 Å². The van der Waals surface area contributed by atoms with Gasteiger partial charge in [-0.25, -0.2) is 24.6 Å². The first-order valence-corrected chi connectivity index (χ1v) is 12.2. The standard InChI is InChI=1S/C27H27N7O2/c1-35-23-8-5-19-17-33(18-20(19)16-23)27-29-13-10-24(31-27)26-28-12-9-21(30-26)6-7-22-11-14-34(32-22)25-4-2-3-15-36-25/h5-14,16,25H,2-4,15,17-18H2,1H3/b7-6+. The number of nitrogens with zero attached hydrogens (tertiary/aromatic N) is 7. The summed E-state index contributed by atoms with van der Waals surface area (Å²) in [6.45, 7) is 2.28. The lowest BCUT2D eigenvalue weighted by molar-refractivity contribution is -0.0395. The molecule has 0 amide bonds. The minimum Gasteiger partial charge on any atom is -0.497 e. The summed E-state index contributed by atoms with van der Waals surface area (Å²) in [5.74, 6) is 2.07. The van der Waals surface area contributed by atoms with Gasteiger partial charge in [0.05, 0.1) is 18.5 Å². The van der Waals surface area contributed by atoms with Gasteiger partial charge < -0.3 is 14.4 Å². The first-order chi connectivity index (χ1) is 17.7. The molecule has 0 bridgehead atoms. The van der Waals surface area contributed by atoms with Crippen LogP contribution in [0.15, 0.2) is 55.0 Å². The van der Waals surface area contributed by atoms with Gasteiger partial charge in [-0.1, -0.05) is 6.07 Å². The summed E-state index contributed by atoms with van der Waals surface area (Å²) in [6.07, 6.45) is 12.7. The minimum atomic E-state index is 0.0314. The molecule has 1 aromatic carbocycles. The Balaban J connectivity index is 1.17. The van der Waals surface area contributed by atoms with Gasteiger partial charge in [0.25, 0.3) is 0 Å². The first kappa shape index (κ1) is 22.4. The Morgan fingerprint density at radius 1 is 0.944 bits per heavy atom. The smallest absolute Gasteiger partial charge is 0.226 e. The highest BCUT2D eigenvalue weighted by molar-refractivity contribution is 5.67. The van der Waals surface area contributed by atoms with E-state index in [1.807, 2.05) is 47.3 Å². The van der Waals surface area contributed by atoms with E-state index in [1.165, 1.54) is 17.5 Å². The molecule has 4 aromatic rings. The molecule has 1 unspecified atom stereocenters. The van der Waals surface area contributed by atoms with E-state index in [4.69, 9.17) is 19.4 Å². The molecule has 5 heterocycles. The number of anilines is 1. The van der Waals surface area contributed by atoms with Crippen LogP contribution in [-0.4, -0.2) is 43.4 Å². The van der Waals surface area contributed by atoms with E-state index >= 15 is 0 Å². The van der Waals surface area contributed by atoms with Crippen LogP contribution in [0, 0.1) is 0 Å². The van der Waals surface area contributed by atoms with Crippen LogP contribution in [0.2, 0.25) is 0 Å². The van der Waals surface area contributed by atoms with Crippen LogP contribution in [-0.2, 0) is 17.8 Å². The molecule has 2 aliphatic heterocycles. The maximum Gasteiger partial charge on any atom is 0.226 e. The van der Waals surface area contributed by atoms with Gasteiger partial charge in [-0.2, -0.15) is 5.10 Å². The summed E-state index contributed by atoms with van der Waals surface area (Å²) in [6, 6.07) is 11.8. The van der Waals surface area contributed by atoms with Crippen molar-refractivity contribution < 1.29 is 9.47 Å². The molecule has 9 nitrogen and oxygen atoms in total. The normalized spacial score (nSPS) is 17.5. The largest absolute Gasteiger partial charge is 0.497 e. The molecule has 3 aromatic heterocycles. The summed E-state index contributed by atoms with van der Waals surface area (Å²) in [4.78, 5) is 20.6. The number of aromatic nitrogens is 6. The third kappa shape index (κ3) is 4.70. The van der Waals surface area contributed by atoms with Crippen LogP contribution in [0.3, 0.4) is 0 Å². The minimum absolute atomic E-state index is 0.0314. The monoisotopic (exact) mass is 481 g/mol. The zero-order valence-corrected chi connectivity index (χ0v) is 20.1. The van der Waals surface area contributed by atoms with Gasteiger partial charge in [-0.15, -0.1) is 0 Å². The Kier molecular flexibility index (Phi) is 6.13. The van der Waals surface area contributed by atoms with Crippen LogP contribution < -0.4 is 9.64 Å². The second kappa shape index (κ2) is 9.87. The highest BCUT2D eigenvalue weighted by Gasteiger charge is 2.22. The second-order valence-corrected chi connectivity index (χ2v) is 8.91. The highest BCUT2D eigenvalue weighted by Crippen LogP contribution is 2.29. The molecule has 0 spiro atoms. The van der Waals surface area contributed by atoms with Gasteiger partial charge in [-0.05, 0) is 72.9 Å². The van der Waals surface area contributed by atoms with Gasteiger partial charge >= 0.3 is 0 Å². The molecule has 0 N–H and O–H groups in total. The van der Waals surface area contributed by atoms with E-state index in [2.05, 4.69) is 32.1 Å². The van der Waals surface area contributed by atoms with E-state index in [0.717, 1.165) is 49.7 Å². The molecule has 1 fully saturated rings. The number of hydrogen-bond donors (Lipinski definition) is 0. The molecule has 1 atom stereocenters. The van der Waals surface area contributed by atoms with Gasteiger partial charge in [0.15, 0.2) is 5.82 Å². The molecule has 2 aliphatic rings. The fraction of sp³-hybridized carbons (Fsp3) is 0.296. The average molecular weight is 482 g/mol. The van der Waals surface area contributed by atoms with Gasteiger partial charge in [0.2, 0.25) is 5.95 Å². The summed E-state index contributed by atoms with van der Waals surface area (Å²) >= 11 is 0. The summed E-state index contributed by atoms with van der Waals surface area (Å²) in [5.41, 5.74) is 4.81. The molecule has 6 rings (SSSR count). The molecule has 0 saturated carbocycles. The molecule has 0 radical (unpaired) electrons. The predicted octanol–water partition coefficient (Wildman–Crippen LogP) is 4.53. The Labute approximate surface area is 209 Å². The fourth-order valence-electron chi connectivity index (χ4n) is 4.56. The van der Waals surface area contributed by atoms with Gasteiger partial charge in [0, 0.05) is 38.3 Å². The molecule has 0 aliphatic carbocycles. The Morgan fingerprint density at radius 2 is 1.83 bits per heavy atom. The quantitative estimate of drug-likeness (QED) is 0.397. The summed E-state index contributed by atoms with van der Waals surface area (Å²) in [5, 5.41) is 4.64. The van der Waals surface area contributed by atoms with E-state index in [0.29, 0.717) is 17.5 Å². The predicted molar refractivity (Wildman–Crippen MR) is 136 cm³/mol. The molecule has 36 heavy (non-hydrogen) atoms. The highest BCUT2D eigenvalue weighted by atomic mass is 16.5. The lowest BCUT2D eigenvalue weighted by atomic mass is 10.1. The van der Waals surface area contributed by atoms with Crippen molar-refractivity contribution in [1.29, 1.82) is 0 Å². The van der Waals surface area contributed by atoms with Crippen molar-refractivity contribution in [1.82, 2.24) is 29.7 Å². The van der Waals surface area contributed by atoms with E-state index in [9.17, 15) is 0 Å². The number of hydrogen-bond acceptors (Lipinski definition) is 8. The number of rotatable bonds is 6. The fourth-order valence-corrected chi connectivity index (χ4v) is 4.56. The van der Waals surface area contributed by atoms with Crippen LogP contribution in [0.5, 0.6) is 5.75 Å². The zero-order valence-electron chi connectivity index (χ0n) is 20.1. The Morgan fingerprint density at radius 3 is 2.72 bits per heavy atom. The van der Waals surface area contributed by atoms with E-state index < -0.39 is 0 Å². The topological polar surface area (TPSA) is 91.1 Å². The Hall–Kier alpha value is -4.11. The first-order valence-electron chi connectivity index (χ1n) is 12.2. The second-order valence-electron chi connectivity index (χ2n) is 8.91. The van der Waals surface area contributed by atoms with Crippen LogP contribution in [0.4, 0.5) is 5.95 Å². The van der Waals surface area contributed by atoms with Crippen molar-refractivity contribution in [2.24, 2.45) is 0 Å². The van der Waals surface area contributed by atoms with Crippen LogP contribution >= 0.6 is 0 Å². The number of methoxy groups -OCH3 is 1. The third-order valence-electron chi connectivity index (χ3n) is 6.47. The van der Waals surface area contributed by atoms with Gasteiger partial charge in [-0.3, -0.25) is 0 Å². The van der Waals surface area contributed by atoms with E-state index in [-0.39, 0.29) is 6.23 Å². The number of ether oxygens (including phenoxy) is 2. The lowest BCUT2D eigenvalue weighted by Crippen LogP contribution is -2.18. The average Bonchev–Trinajstić information content (AvgIpc) is 3.60. The molecular weight excluding hydrogens is 454 g/mol. The van der Waals surface area contributed by atoms with Crippen LogP contribution in [0.25, 0.3) is 23.7 Å². The van der Waals surface area contributed by atoms with Crippen LogP contribution in [0.1, 0.15) is 48.0 Å². The lowest BCUT2D eigenvalue weighted by Gasteiger charge is -2.22. The van der Waals surface area contributed by atoms with Crippen molar-refractivity contribution in [2.75, 3.05) is 18.6 Å². The van der Waals surface area contributed by atoms with Gasteiger partial charge in [0.1, 0.15) is 17.7 Å². The van der Waals surface area contributed by atoms with Crippen molar-refractivity contribution in [2.45, 2.75) is 38.6 Å².